The SMILES string of the molecule is O=C(O)Cc1ccc(CNc2ccc(Cl)cc2Br)cc1. The number of carboxylic acid groups (broad SMARTS) is 1. The van der Waals surface area contributed by atoms with Crippen molar-refractivity contribution in [3.63, 3.8) is 0 Å². The van der Waals surface area contributed by atoms with Gasteiger partial charge in [-0.25, -0.2) is 0 Å². The van der Waals surface area contributed by atoms with Crippen LogP contribution in [0.25, 0.3) is 0 Å². The zero-order valence-electron chi connectivity index (χ0n) is 10.6. The molecule has 0 saturated carbocycles. The standard InChI is InChI=1S/C15H13BrClNO2/c16-13-8-12(17)5-6-14(13)18-9-11-3-1-10(2-4-11)7-15(19)20/h1-6,8,18H,7,9H2,(H,19,20). The largest absolute Gasteiger partial charge is 0.481 e. The summed E-state index contributed by atoms with van der Waals surface area (Å²) in [7, 11) is 0. The summed E-state index contributed by atoms with van der Waals surface area (Å²) >= 11 is 9.33. The van der Waals surface area contributed by atoms with Crippen LogP contribution in [0.15, 0.2) is 46.9 Å². The highest BCUT2D eigenvalue weighted by Gasteiger charge is 2.02. The highest BCUT2D eigenvalue weighted by atomic mass is 79.9. The lowest BCUT2D eigenvalue weighted by Crippen LogP contribution is -2.02. The number of carboxylic acids is 1. The van der Waals surface area contributed by atoms with E-state index >= 15 is 0 Å². The molecular formula is C15H13BrClNO2. The molecule has 20 heavy (non-hydrogen) atoms. The van der Waals surface area contributed by atoms with E-state index in [9.17, 15) is 4.79 Å². The minimum absolute atomic E-state index is 0.0520. The van der Waals surface area contributed by atoms with Crippen molar-refractivity contribution in [3.8, 4) is 0 Å². The van der Waals surface area contributed by atoms with Crippen molar-refractivity contribution in [1.29, 1.82) is 0 Å². The molecule has 0 unspecified atom stereocenters. The molecule has 0 saturated heterocycles. The Hall–Kier alpha value is -1.52. The zero-order valence-corrected chi connectivity index (χ0v) is 12.9. The van der Waals surface area contributed by atoms with Crippen LogP contribution in [0.5, 0.6) is 0 Å². The summed E-state index contributed by atoms with van der Waals surface area (Å²) in [6.07, 6.45) is 0.0520. The predicted molar refractivity (Wildman–Crippen MR) is 84.3 cm³/mol. The minimum Gasteiger partial charge on any atom is -0.481 e. The van der Waals surface area contributed by atoms with E-state index in [-0.39, 0.29) is 6.42 Å². The van der Waals surface area contributed by atoms with Gasteiger partial charge in [0.1, 0.15) is 0 Å². The van der Waals surface area contributed by atoms with Gasteiger partial charge in [0.15, 0.2) is 0 Å². The van der Waals surface area contributed by atoms with E-state index < -0.39 is 5.97 Å². The monoisotopic (exact) mass is 353 g/mol. The predicted octanol–water partition coefficient (Wildman–Crippen LogP) is 4.34. The fourth-order valence-electron chi connectivity index (χ4n) is 1.78. The van der Waals surface area contributed by atoms with E-state index in [0.717, 1.165) is 21.3 Å². The minimum atomic E-state index is -0.819. The third-order valence-electron chi connectivity index (χ3n) is 2.79. The maximum atomic E-state index is 10.6. The van der Waals surface area contributed by atoms with Crippen molar-refractivity contribution >= 4 is 39.2 Å². The lowest BCUT2D eigenvalue weighted by atomic mass is 10.1. The van der Waals surface area contributed by atoms with Crippen molar-refractivity contribution < 1.29 is 9.90 Å². The second-order valence-corrected chi connectivity index (χ2v) is 5.66. The molecule has 0 aliphatic carbocycles. The van der Waals surface area contributed by atoms with Crippen LogP contribution in [0.2, 0.25) is 5.02 Å². The van der Waals surface area contributed by atoms with Gasteiger partial charge in [-0.2, -0.15) is 0 Å². The number of benzene rings is 2. The van der Waals surface area contributed by atoms with Crippen molar-refractivity contribution in [2.45, 2.75) is 13.0 Å². The number of aliphatic carboxylic acids is 1. The molecule has 0 aliphatic rings. The van der Waals surface area contributed by atoms with Crippen LogP contribution in [0.1, 0.15) is 11.1 Å². The lowest BCUT2D eigenvalue weighted by Gasteiger charge is -2.09. The molecule has 0 spiro atoms. The summed E-state index contributed by atoms with van der Waals surface area (Å²) in [6.45, 7) is 0.660. The van der Waals surface area contributed by atoms with Gasteiger partial charge in [-0.05, 0) is 45.3 Å². The number of halogens is 2. The lowest BCUT2D eigenvalue weighted by molar-refractivity contribution is -0.136. The van der Waals surface area contributed by atoms with Crippen molar-refractivity contribution in [2.24, 2.45) is 0 Å². The third-order valence-corrected chi connectivity index (χ3v) is 3.68. The van der Waals surface area contributed by atoms with E-state index in [0.29, 0.717) is 11.6 Å². The van der Waals surface area contributed by atoms with Crippen molar-refractivity contribution in [3.05, 3.63) is 63.1 Å². The zero-order chi connectivity index (χ0) is 14.5. The van der Waals surface area contributed by atoms with Gasteiger partial charge in [0.05, 0.1) is 6.42 Å². The van der Waals surface area contributed by atoms with Crippen LogP contribution < -0.4 is 5.32 Å². The molecule has 5 heteroatoms. The normalized spacial score (nSPS) is 10.3. The summed E-state index contributed by atoms with van der Waals surface area (Å²) in [5, 5.41) is 12.7. The Morgan fingerprint density at radius 1 is 1.15 bits per heavy atom. The van der Waals surface area contributed by atoms with Crippen LogP contribution in [0.3, 0.4) is 0 Å². The first kappa shape index (κ1) is 14.9. The van der Waals surface area contributed by atoms with Crippen LogP contribution in [-0.2, 0) is 17.8 Å². The van der Waals surface area contributed by atoms with Crippen LogP contribution in [-0.4, -0.2) is 11.1 Å². The first-order chi connectivity index (χ1) is 9.54. The average Bonchev–Trinajstić information content (AvgIpc) is 2.39. The van der Waals surface area contributed by atoms with Crippen LogP contribution in [0.4, 0.5) is 5.69 Å². The van der Waals surface area contributed by atoms with E-state index in [1.165, 1.54) is 0 Å². The topological polar surface area (TPSA) is 49.3 Å². The molecule has 0 heterocycles. The molecule has 0 aliphatic heterocycles. The quantitative estimate of drug-likeness (QED) is 0.839. The van der Waals surface area contributed by atoms with Gasteiger partial charge in [0.25, 0.3) is 0 Å². The molecule has 0 fully saturated rings. The van der Waals surface area contributed by atoms with Gasteiger partial charge in [-0.15, -0.1) is 0 Å². The highest BCUT2D eigenvalue weighted by molar-refractivity contribution is 9.10. The number of nitrogens with one attached hydrogen (secondary N) is 1. The number of hydrogen-bond donors (Lipinski definition) is 2. The van der Waals surface area contributed by atoms with E-state index in [1.807, 2.05) is 42.5 Å². The number of hydrogen-bond acceptors (Lipinski definition) is 2. The fourth-order valence-corrected chi connectivity index (χ4v) is 2.60. The Morgan fingerprint density at radius 2 is 1.80 bits per heavy atom. The molecule has 0 atom stereocenters. The second-order valence-electron chi connectivity index (χ2n) is 4.36. The molecule has 0 amide bonds. The number of anilines is 1. The Kier molecular flexibility index (Phi) is 5.04. The Bertz CT molecular complexity index is 614. The molecule has 2 aromatic carbocycles. The second kappa shape index (κ2) is 6.77. The third kappa shape index (κ3) is 4.25. The summed E-state index contributed by atoms with van der Waals surface area (Å²) in [5.41, 5.74) is 2.85. The van der Waals surface area contributed by atoms with Crippen molar-refractivity contribution in [1.82, 2.24) is 0 Å². The maximum Gasteiger partial charge on any atom is 0.307 e. The van der Waals surface area contributed by atoms with E-state index in [2.05, 4.69) is 21.2 Å². The highest BCUT2D eigenvalue weighted by Crippen LogP contribution is 2.26. The Labute approximate surface area is 130 Å². The molecule has 0 bridgehead atoms. The van der Waals surface area contributed by atoms with Gasteiger partial charge in [-0.3, -0.25) is 4.79 Å². The van der Waals surface area contributed by atoms with Crippen molar-refractivity contribution in [2.75, 3.05) is 5.32 Å². The first-order valence-electron chi connectivity index (χ1n) is 6.03. The molecule has 2 N–H and O–H groups in total. The van der Waals surface area contributed by atoms with Gasteiger partial charge >= 0.3 is 5.97 Å². The molecule has 3 nitrogen and oxygen atoms in total. The Morgan fingerprint density at radius 3 is 2.40 bits per heavy atom. The molecule has 2 rings (SSSR count). The fraction of sp³-hybridized carbons (Fsp3) is 0.133. The molecular weight excluding hydrogens is 342 g/mol. The number of rotatable bonds is 5. The average molecular weight is 355 g/mol. The van der Waals surface area contributed by atoms with Gasteiger partial charge in [0, 0.05) is 21.7 Å². The smallest absolute Gasteiger partial charge is 0.307 e. The van der Waals surface area contributed by atoms with Gasteiger partial charge < -0.3 is 10.4 Å². The van der Waals surface area contributed by atoms with Gasteiger partial charge in [0.2, 0.25) is 0 Å². The molecule has 0 aromatic heterocycles. The first-order valence-corrected chi connectivity index (χ1v) is 7.20. The number of carbonyl (C=O) groups is 1. The summed E-state index contributed by atoms with van der Waals surface area (Å²) in [6, 6.07) is 13.1. The van der Waals surface area contributed by atoms with Crippen LogP contribution in [0, 0.1) is 0 Å². The maximum absolute atomic E-state index is 10.6. The molecule has 2 aromatic rings. The van der Waals surface area contributed by atoms with E-state index in [1.54, 1.807) is 0 Å². The molecule has 104 valence electrons. The summed E-state index contributed by atoms with van der Waals surface area (Å²) < 4.78 is 0.910. The summed E-state index contributed by atoms with van der Waals surface area (Å²) in [5.74, 6) is -0.819. The Balaban J connectivity index is 1.98. The van der Waals surface area contributed by atoms with E-state index in [4.69, 9.17) is 16.7 Å². The van der Waals surface area contributed by atoms with Crippen LogP contribution >= 0.6 is 27.5 Å². The van der Waals surface area contributed by atoms with Gasteiger partial charge in [-0.1, -0.05) is 35.9 Å². The molecule has 0 radical (unpaired) electrons. The summed E-state index contributed by atoms with van der Waals surface area (Å²) in [4.78, 5) is 10.6.